The fourth-order valence-corrected chi connectivity index (χ4v) is 1.57. The molecule has 19 heavy (non-hydrogen) atoms. The molecule has 0 unspecified atom stereocenters. The van der Waals surface area contributed by atoms with Crippen LogP contribution < -0.4 is 11.1 Å². The summed E-state index contributed by atoms with van der Waals surface area (Å²) in [5.41, 5.74) is 6.57. The van der Waals surface area contributed by atoms with Crippen LogP contribution in [0.2, 0.25) is 0 Å². The van der Waals surface area contributed by atoms with Crippen LogP contribution in [0.3, 0.4) is 0 Å². The van der Waals surface area contributed by atoms with E-state index in [2.05, 4.69) is 15.5 Å². The number of amides is 1. The molecule has 0 saturated heterocycles. The molecule has 0 fully saturated rings. The Morgan fingerprint density at radius 3 is 2.74 bits per heavy atom. The first kappa shape index (κ1) is 13.1. The third kappa shape index (κ3) is 2.90. The van der Waals surface area contributed by atoms with Gasteiger partial charge in [-0.05, 0) is 24.1 Å². The summed E-state index contributed by atoms with van der Waals surface area (Å²) in [4.78, 5) is 11.9. The smallest absolute Gasteiger partial charge is 0.256 e. The molecule has 0 atom stereocenters. The van der Waals surface area contributed by atoms with Crippen LogP contribution in [0.5, 0.6) is 0 Å². The number of halogens is 1. The van der Waals surface area contributed by atoms with Crippen LogP contribution in [0.4, 0.5) is 15.9 Å². The summed E-state index contributed by atoms with van der Waals surface area (Å²) >= 11 is 0. The number of hydrogen-bond donors (Lipinski definition) is 3. The molecular formula is C13H15FN4O. The minimum Gasteiger partial charge on any atom is -0.396 e. The summed E-state index contributed by atoms with van der Waals surface area (Å²) in [6, 6.07) is 5.58. The zero-order valence-corrected chi connectivity index (χ0v) is 10.7. The molecule has 0 radical (unpaired) electrons. The van der Waals surface area contributed by atoms with Crippen LogP contribution in [0.25, 0.3) is 0 Å². The van der Waals surface area contributed by atoms with E-state index in [1.54, 1.807) is 6.07 Å². The number of aromatic nitrogens is 2. The number of carbonyl (C=O) groups excluding carboxylic acids is 1. The number of rotatable bonds is 3. The van der Waals surface area contributed by atoms with Gasteiger partial charge in [0.25, 0.3) is 5.91 Å². The Morgan fingerprint density at radius 1 is 1.42 bits per heavy atom. The third-order valence-corrected chi connectivity index (χ3v) is 2.72. The van der Waals surface area contributed by atoms with Crippen LogP contribution in [0.1, 0.15) is 35.8 Å². The Kier molecular flexibility index (Phi) is 3.50. The van der Waals surface area contributed by atoms with Crippen LogP contribution in [-0.4, -0.2) is 16.1 Å². The second-order valence-corrected chi connectivity index (χ2v) is 4.55. The summed E-state index contributed by atoms with van der Waals surface area (Å²) in [6.45, 7) is 4.03. The van der Waals surface area contributed by atoms with Gasteiger partial charge in [0.15, 0.2) is 5.82 Å². The van der Waals surface area contributed by atoms with Crippen molar-refractivity contribution in [1.29, 1.82) is 0 Å². The molecule has 0 aliphatic carbocycles. The fourth-order valence-electron chi connectivity index (χ4n) is 1.57. The van der Waals surface area contributed by atoms with Gasteiger partial charge in [-0.15, -0.1) is 0 Å². The lowest BCUT2D eigenvalue weighted by atomic mass is 10.1. The quantitative estimate of drug-likeness (QED) is 0.743. The summed E-state index contributed by atoms with van der Waals surface area (Å²) in [5, 5.41) is 9.43. The number of nitrogens with one attached hydrogen (secondary N) is 2. The number of H-pyrrole nitrogens is 1. The van der Waals surface area contributed by atoms with Gasteiger partial charge >= 0.3 is 0 Å². The van der Waals surface area contributed by atoms with Gasteiger partial charge in [-0.25, -0.2) is 4.39 Å². The van der Waals surface area contributed by atoms with Crippen molar-refractivity contribution in [3.05, 3.63) is 41.3 Å². The van der Waals surface area contributed by atoms with E-state index in [0.717, 1.165) is 11.8 Å². The van der Waals surface area contributed by atoms with Crippen LogP contribution in [0.15, 0.2) is 24.3 Å². The molecule has 0 aliphatic heterocycles. The van der Waals surface area contributed by atoms with Gasteiger partial charge in [0, 0.05) is 17.3 Å². The molecule has 0 spiro atoms. The van der Waals surface area contributed by atoms with E-state index < -0.39 is 5.82 Å². The maximum absolute atomic E-state index is 13.0. The van der Waals surface area contributed by atoms with Crippen molar-refractivity contribution in [2.75, 3.05) is 11.1 Å². The van der Waals surface area contributed by atoms with Gasteiger partial charge in [-0.2, -0.15) is 5.10 Å². The van der Waals surface area contributed by atoms with Gasteiger partial charge in [0.05, 0.1) is 5.69 Å². The topological polar surface area (TPSA) is 83.8 Å². The number of aromatic amines is 1. The molecule has 2 rings (SSSR count). The van der Waals surface area contributed by atoms with E-state index in [9.17, 15) is 9.18 Å². The fraction of sp³-hybridized carbons (Fsp3) is 0.231. The SMILES string of the molecule is CC(C)c1cc(NC(=O)c2ccc(F)c(N)c2)n[nH]1. The number of carbonyl (C=O) groups is 1. The van der Waals surface area contributed by atoms with Crippen LogP contribution in [0, 0.1) is 5.82 Å². The molecule has 1 aromatic carbocycles. The average molecular weight is 262 g/mol. The third-order valence-electron chi connectivity index (χ3n) is 2.72. The zero-order valence-electron chi connectivity index (χ0n) is 10.7. The van der Waals surface area contributed by atoms with E-state index in [-0.39, 0.29) is 17.2 Å². The molecule has 0 aliphatic rings. The largest absolute Gasteiger partial charge is 0.396 e. The van der Waals surface area contributed by atoms with Gasteiger partial charge in [0.2, 0.25) is 0 Å². The predicted octanol–water partition coefficient (Wildman–Crippen LogP) is 2.51. The van der Waals surface area contributed by atoms with Crippen molar-refractivity contribution in [1.82, 2.24) is 10.2 Å². The highest BCUT2D eigenvalue weighted by Gasteiger charge is 2.11. The molecule has 6 heteroatoms. The Balaban J connectivity index is 2.13. The van der Waals surface area contributed by atoms with Crippen molar-refractivity contribution in [2.45, 2.75) is 19.8 Å². The van der Waals surface area contributed by atoms with Crippen molar-refractivity contribution in [3.8, 4) is 0 Å². The molecule has 1 heterocycles. The second-order valence-electron chi connectivity index (χ2n) is 4.55. The summed E-state index contributed by atoms with van der Waals surface area (Å²) in [7, 11) is 0. The first-order chi connectivity index (χ1) is 8.97. The molecule has 2 aromatic rings. The minimum atomic E-state index is -0.543. The number of nitrogen functional groups attached to an aromatic ring is 1. The molecular weight excluding hydrogens is 247 g/mol. The Hall–Kier alpha value is -2.37. The average Bonchev–Trinajstić information content (AvgIpc) is 2.81. The number of hydrogen-bond acceptors (Lipinski definition) is 3. The van der Waals surface area contributed by atoms with Gasteiger partial charge < -0.3 is 11.1 Å². The summed E-state index contributed by atoms with van der Waals surface area (Å²) in [5.74, 6) is -0.205. The first-order valence-corrected chi connectivity index (χ1v) is 5.89. The van der Waals surface area contributed by atoms with Crippen LogP contribution in [-0.2, 0) is 0 Å². The lowest BCUT2D eigenvalue weighted by molar-refractivity contribution is 0.102. The van der Waals surface area contributed by atoms with E-state index in [0.29, 0.717) is 11.7 Å². The molecule has 0 bridgehead atoms. The highest BCUT2D eigenvalue weighted by atomic mass is 19.1. The highest BCUT2D eigenvalue weighted by molar-refractivity contribution is 6.04. The van der Waals surface area contributed by atoms with Gasteiger partial charge in [-0.1, -0.05) is 13.8 Å². The Labute approximate surface area is 110 Å². The molecule has 5 nitrogen and oxygen atoms in total. The van der Waals surface area contributed by atoms with Crippen molar-refractivity contribution >= 4 is 17.4 Å². The van der Waals surface area contributed by atoms with E-state index in [1.165, 1.54) is 12.1 Å². The molecule has 0 saturated carbocycles. The second kappa shape index (κ2) is 5.09. The van der Waals surface area contributed by atoms with Gasteiger partial charge in [0.1, 0.15) is 5.82 Å². The van der Waals surface area contributed by atoms with E-state index in [1.807, 2.05) is 13.8 Å². The Bertz CT molecular complexity index is 606. The number of anilines is 2. The van der Waals surface area contributed by atoms with Crippen LogP contribution >= 0.6 is 0 Å². The molecule has 100 valence electrons. The highest BCUT2D eigenvalue weighted by Crippen LogP contribution is 2.17. The normalized spacial score (nSPS) is 10.7. The monoisotopic (exact) mass is 262 g/mol. The zero-order chi connectivity index (χ0) is 14.0. The lowest BCUT2D eigenvalue weighted by Gasteiger charge is -2.03. The van der Waals surface area contributed by atoms with Crippen molar-refractivity contribution in [2.24, 2.45) is 0 Å². The van der Waals surface area contributed by atoms with Crippen molar-refractivity contribution in [3.63, 3.8) is 0 Å². The Morgan fingerprint density at radius 2 is 2.16 bits per heavy atom. The number of nitrogens with zero attached hydrogens (tertiary/aromatic N) is 1. The van der Waals surface area contributed by atoms with Gasteiger partial charge in [-0.3, -0.25) is 9.89 Å². The molecule has 1 aromatic heterocycles. The standard InChI is InChI=1S/C13H15FN4O/c1-7(2)11-6-12(18-17-11)16-13(19)8-3-4-9(14)10(15)5-8/h3-7H,15H2,1-2H3,(H2,16,17,18,19). The lowest BCUT2D eigenvalue weighted by Crippen LogP contribution is -2.12. The van der Waals surface area contributed by atoms with E-state index in [4.69, 9.17) is 5.73 Å². The maximum Gasteiger partial charge on any atom is 0.256 e. The first-order valence-electron chi connectivity index (χ1n) is 5.89. The van der Waals surface area contributed by atoms with E-state index >= 15 is 0 Å². The number of benzene rings is 1. The molecule has 1 amide bonds. The maximum atomic E-state index is 13.0. The summed E-state index contributed by atoms with van der Waals surface area (Å²) in [6.07, 6.45) is 0. The summed E-state index contributed by atoms with van der Waals surface area (Å²) < 4.78 is 13.0. The minimum absolute atomic E-state index is 0.0578. The predicted molar refractivity (Wildman–Crippen MR) is 71.4 cm³/mol. The number of nitrogens with two attached hydrogens (primary N) is 1. The molecule has 4 N–H and O–H groups in total. The van der Waals surface area contributed by atoms with Crippen molar-refractivity contribution < 1.29 is 9.18 Å².